The third kappa shape index (κ3) is 7.89. The number of para-hydroxylation sites is 1. The Morgan fingerprint density at radius 3 is 2.52 bits per heavy atom. The molecule has 0 saturated carbocycles. The molecule has 0 spiro atoms. The van der Waals surface area contributed by atoms with E-state index in [1.807, 2.05) is 98.2 Å². The van der Waals surface area contributed by atoms with Crippen LogP contribution in [0, 0.1) is 11.3 Å². The number of hydrogen-bond donors (Lipinski definition) is 3. The van der Waals surface area contributed by atoms with Gasteiger partial charge in [0.05, 0.1) is 31.3 Å². The molecule has 1 aliphatic carbocycles. The Labute approximate surface area is 256 Å². The molecule has 1 aliphatic rings. The predicted octanol–water partition coefficient (Wildman–Crippen LogP) is 4.85. The van der Waals surface area contributed by atoms with E-state index < -0.39 is 19.7 Å². The molecule has 4 aromatic rings. The van der Waals surface area contributed by atoms with Gasteiger partial charge in [0.15, 0.2) is 11.5 Å². The number of allylic oxidation sites excluding steroid dienone is 1. The van der Waals surface area contributed by atoms with Crippen molar-refractivity contribution in [1.82, 2.24) is 24.6 Å². The average molecular weight is 620 g/mol. The van der Waals surface area contributed by atoms with Gasteiger partial charge in [-0.2, -0.15) is 0 Å². The number of benzene rings is 2. The van der Waals surface area contributed by atoms with Gasteiger partial charge in [-0.05, 0) is 29.5 Å². The molecule has 0 fully saturated rings. The van der Waals surface area contributed by atoms with Crippen molar-refractivity contribution < 1.29 is 23.6 Å². The molecular formula is C31H38N7O5P. The number of nitrogen functional groups attached to an aromatic ring is 1. The van der Waals surface area contributed by atoms with Crippen LogP contribution in [0.4, 0.5) is 11.5 Å². The molecule has 2 aromatic heterocycles. The molecule has 0 saturated heterocycles. The van der Waals surface area contributed by atoms with Crippen molar-refractivity contribution in [2.45, 2.75) is 45.7 Å². The molecule has 4 atom stereocenters. The summed E-state index contributed by atoms with van der Waals surface area (Å²) in [6.45, 7) is 6.32. The van der Waals surface area contributed by atoms with E-state index in [9.17, 15) is 14.3 Å². The summed E-state index contributed by atoms with van der Waals surface area (Å²) in [7, 11) is -4.54. The highest BCUT2D eigenvalue weighted by molar-refractivity contribution is 7.51. The zero-order valence-electron chi connectivity index (χ0n) is 25.0. The fraction of sp³-hybridized carbons (Fsp3) is 0.355. The summed E-state index contributed by atoms with van der Waals surface area (Å²) >= 11 is 0. The zero-order chi connectivity index (χ0) is 31.3. The van der Waals surface area contributed by atoms with Crippen LogP contribution in [0.2, 0.25) is 0 Å². The summed E-state index contributed by atoms with van der Waals surface area (Å²) < 4.78 is 20.5. The molecule has 13 heteroatoms. The van der Waals surface area contributed by atoms with Crippen molar-refractivity contribution in [3.05, 3.63) is 91.0 Å². The lowest BCUT2D eigenvalue weighted by Gasteiger charge is -2.34. The number of anilines is 2. The van der Waals surface area contributed by atoms with Crippen molar-refractivity contribution in [2.75, 3.05) is 24.0 Å². The molecule has 2 heterocycles. The van der Waals surface area contributed by atoms with Crippen LogP contribution >= 0.6 is 7.75 Å². The van der Waals surface area contributed by atoms with Crippen LogP contribution in [0.15, 0.2) is 85.5 Å². The zero-order valence-corrected chi connectivity index (χ0v) is 25.9. The minimum atomic E-state index is -4.54. The largest absolute Gasteiger partial charge is 0.432 e. The standard InChI is InChI=1S/C31H38N7O5P/c1-31(2,3)19-42-38(24-12-8-5-9-13-24)26(17-22-10-6-4-7-11-22)30(39)36-44(40,41)43-18-23-14-15-25(16-23)37-21-35-27-28(32)33-20-34-29(27)37/h4-15,20-21,23,25-26H,16-19H2,1-3H3,(H2,32,33,34)(H2,36,39,40,41)/t23-,25+,26-/m0/s1. The Kier molecular flexibility index (Phi) is 9.45. The van der Waals surface area contributed by atoms with Crippen LogP contribution in [0.3, 0.4) is 0 Å². The topological polar surface area (TPSA) is 158 Å². The van der Waals surface area contributed by atoms with E-state index in [1.54, 1.807) is 6.33 Å². The van der Waals surface area contributed by atoms with Gasteiger partial charge in [0.2, 0.25) is 0 Å². The number of hydrogen-bond acceptors (Lipinski definition) is 9. The van der Waals surface area contributed by atoms with E-state index in [4.69, 9.17) is 15.1 Å². The van der Waals surface area contributed by atoms with Crippen molar-refractivity contribution >= 4 is 36.3 Å². The van der Waals surface area contributed by atoms with Crippen LogP contribution in [0.25, 0.3) is 11.2 Å². The van der Waals surface area contributed by atoms with Gasteiger partial charge in [0.25, 0.3) is 5.91 Å². The number of aromatic nitrogens is 4. The Bertz CT molecular complexity index is 1640. The molecule has 0 aliphatic heterocycles. The van der Waals surface area contributed by atoms with E-state index >= 15 is 0 Å². The monoisotopic (exact) mass is 619 g/mol. The molecule has 0 bridgehead atoms. The maximum absolute atomic E-state index is 13.8. The number of hydroxylamine groups is 1. The lowest BCUT2D eigenvalue weighted by molar-refractivity contribution is -0.123. The van der Waals surface area contributed by atoms with Crippen LogP contribution < -0.4 is 15.9 Å². The number of amides is 1. The minimum absolute atomic E-state index is 0.0723. The molecule has 2 aromatic carbocycles. The second-order valence-corrected chi connectivity index (χ2v) is 13.5. The van der Waals surface area contributed by atoms with E-state index in [0.29, 0.717) is 35.7 Å². The number of nitrogens with one attached hydrogen (secondary N) is 1. The summed E-state index contributed by atoms with van der Waals surface area (Å²) in [5.41, 5.74) is 8.34. The molecule has 4 N–H and O–H groups in total. The first-order valence-corrected chi connectivity index (χ1v) is 16.0. The first-order chi connectivity index (χ1) is 21.0. The van der Waals surface area contributed by atoms with Crippen molar-refractivity contribution in [3.8, 4) is 0 Å². The average Bonchev–Trinajstić information content (AvgIpc) is 3.64. The van der Waals surface area contributed by atoms with Gasteiger partial charge in [0.1, 0.15) is 17.9 Å². The van der Waals surface area contributed by atoms with Crippen molar-refractivity contribution in [2.24, 2.45) is 11.3 Å². The van der Waals surface area contributed by atoms with E-state index in [-0.39, 0.29) is 30.4 Å². The molecule has 232 valence electrons. The maximum Gasteiger partial charge on any atom is 0.432 e. The van der Waals surface area contributed by atoms with Crippen molar-refractivity contribution in [3.63, 3.8) is 0 Å². The van der Waals surface area contributed by atoms with Gasteiger partial charge in [-0.1, -0.05) is 81.5 Å². The highest BCUT2D eigenvalue weighted by Crippen LogP contribution is 2.40. The van der Waals surface area contributed by atoms with Gasteiger partial charge in [-0.25, -0.2) is 24.6 Å². The summed E-state index contributed by atoms with van der Waals surface area (Å²) in [5, 5.41) is 3.79. The first-order valence-electron chi connectivity index (χ1n) is 14.4. The normalized spacial score (nSPS) is 18.6. The molecule has 12 nitrogen and oxygen atoms in total. The lowest BCUT2D eigenvalue weighted by atomic mass is 9.99. The fourth-order valence-corrected chi connectivity index (χ4v) is 5.83. The van der Waals surface area contributed by atoms with Crippen LogP contribution in [0.5, 0.6) is 0 Å². The van der Waals surface area contributed by atoms with Gasteiger partial charge in [-0.3, -0.25) is 19.2 Å². The third-order valence-electron chi connectivity index (χ3n) is 7.11. The molecule has 0 radical (unpaired) electrons. The fourth-order valence-electron chi connectivity index (χ4n) is 4.94. The summed E-state index contributed by atoms with van der Waals surface area (Å²) in [6, 6.07) is 17.6. The second-order valence-electron chi connectivity index (χ2n) is 12.0. The molecule has 1 unspecified atom stereocenters. The molecule has 5 rings (SSSR count). The number of nitrogens with zero attached hydrogens (tertiary/aromatic N) is 5. The SMILES string of the molecule is CC(C)(C)CON(c1ccccc1)[C@@H](Cc1ccccc1)C(=O)NP(=O)(O)OC[C@H]1C=C[C@@H](n2cnc3c(N)ncnc32)C1. The highest BCUT2D eigenvalue weighted by atomic mass is 31.2. The van der Waals surface area contributed by atoms with E-state index in [1.165, 1.54) is 11.4 Å². The van der Waals surface area contributed by atoms with Gasteiger partial charge in [-0.15, -0.1) is 0 Å². The van der Waals surface area contributed by atoms with Crippen molar-refractivity contribution in [1.29, 1.82) is 0 Å². The third-order valence-corrected chi connectivity index (χ3v) is 8.12. The number of nitrogens with two attached hydrogens (primary N) is 1. The van der Waals surface area contributed by atoms with Gasteiger partial charge < -0.3 is 15.2 Å². The Morgan fingerprint density at radius 2 is 1.82 bits per heavy atom. The highest BCUT2D eigenvalue weighted by Gasteiger charge is 2.35. The molecular weight excluding hydrogens is 581 g/mol. The predicted molar refractivity (Wildman–Crippen MR) is 168 cm³/mol. The lowest BCUT2D eigenvalue weighted by Crippen LogP contribution is -2.48. The number of carbonyl (C=O) groups excluding carboxylic acids is 1. The summed E-state index contributed by atoms with van der Waals surface area (Å²) in [4.78, 5) is 43.3. The summed E-state index contributed by atoms with van der Waals surface area (Å²) in [6.07, 6.45) is 7.73. The number of rotatable bonds is 12. The van der Waals surface area contributed by atoms with Crippen LogP contribution in [-0.2, 0) is 25.1 Å². The van der Waals surface area contributed by atoms with Crippen LogP contribution in [-0.4, -0.2) is 49.6 Å². The van der Waals surface area contributed by atoms with E-state index in [2.05, 4.69) is 20.0 Å². The quantitative estimate of drug-likeness (QED) is 0.114. The van der Waals surface area contributed by atoms with E-state index in [0.717, 1.165) is 5.56 Å². The second kappa shape index (κ2) is 13.3. The summed E-state index contributed by atoms with van der Waals surface area (Å²) in [5.74, 6) is -0.572. The first kappa shape index (κ1) is 31.3. The van der Waals surface area contributed by atoms with Crippen LogP contribution in [0.1, 0.15) is 38.8 Å². The van der Waals surface area contributed by atoms with Gasteiger partial charge >= 0.3 is 7.75 Å². The maximum atomic E-state index is 13.8. The Morgan fingerprint density at radius 1 is 1.11 bits per heavy atom. The minimum Gasteiger partial charge on any atom is -0.382 e. The number of imidazole rings is 1. The Balaban J connectivity index is 1.28. The van der Waals surface area contributed by atoms with Gasteiger partial charge in [0, 0.05) is 12.3 Å². The molecule has 1 amide bonds. The number of fused-ring (bicyclic) bond motifs is 1. The molecule has 44 heavy (non-hydrogen) atoms. The smallest absolute Gasteiger partial charge is 0.382 e. The Hall–Kier alpha value is -4.09. The number of carbonyl (C=O) groups is 1.